The number of methoxy groups -OCH3 is 3. The van der Waals surface area contributed by atoms with Crippen molar-refractivity contribution in [2.24, 2.45) is 5.10 Å². The molecule has 154 valence electrons. The smallest absolute Gasteiger partial charge is 0.350 e. The summed E-state index contributed by atoms with van der Waals surface area (Å²) in [6.07, 6.45) is 1.35. The van der Waals surface area contributed by atoms with Gasteiger partial charge in [-0.3, -0.25) is 4.79 Å². The minimum absolute atomic E-state index is 0.217. The maximum absolute atomic E-state index is 12.9. The number of nitrogens with zero attached hydrogens (tertiary/aromatic N) is 2. The summed E-state index contributed by atoms with van der Waals surface area (Å²) in [5.74, 6) is 1.26. The molecule has 2 aromatic heterocycles. The number of fused-ring (bicyclic) bond motifs is 3. The third-order valence-corrected chi connectivity index (χ3v) is 4.84. The lowest BCUT2D eigenvalue weighted by atomic mass is 10.2. The van der Waals surface area contributed by atoms with Crippen LogP contribution in [0, 0.1) is 0 Å². The highest BCUT2D eigenvalue weighted by molar-refractivity contribution is 6.31. The predicted molar refractivity (Wildman–Crippen MR) is 115 cm³/mol. The van der Waals surface area contributed by atoms with Gasteiger partial charge in [0.15, 0.2) is 11.5 Å². The largest absolute Gasteiger partial charge is 0.493 e. The highest BCUT2D eigenvalue weighted by Gasteiger charge is 2.14. The minimum Gasteiger partial charge on any atom is -0.493 e. The van der Waals surface area contributed by atoms with Crippen LogP contribution in [0.2, 0.25) is 5.02 Å². The maximum Gasteiger partial charge on any atom is 0.350 e. The number of aromatic nitrogens is 3. The van der Waals surface area contributed by atoms with Crippen molar-refractivity contribution in [1.82, 2.24) is 14.6 Å². The first-order chi connectivity index (χ1) is 14.5. The van der Waals surface area contributed by atoms with E-state index < -0.39 is 11.2 Å². The van der Waals surface area contributed by atoms with Crippen molar-refractivity contribution >= 4 is 39.8 Å². The molecule has 0 atom stereocenters. The van der Waals surface area contributed by atoms with Crippen molar-refractivity contribution in [3.63, 3.8) is 0 Å². The molecule has 0 aliphatic rings. The van der Waals surface area contributed by atoms with Gasteiger partial charge >= 0.3 is 11.2 Å². The molecule has 0 saturated heterocycles. The van der Waals surface area contributed by atoms with Crippen LogP contribution in [0.4, 0.5) is 0 Å². The van der Waals surface area contributed by atoms with Crippen molar-refractivity contribution < 1.29 is 14.2 Å². The van der Waals surface area contributed by atoms with Crippen molar-refractivity contribution in [2.75, 3.05) is 21.3 Å². The Morgan fingerprint density at radius 2 is 1.67 bits per heavy atom. The molecule has 0 aliphatic heterocycles. The first-order valence-electron chi connectivity index (χ1n) is 8.77. The Morgan fingerprint density at radius 1 is 0.967 bits per heavy atom. The fourth-order valence-corrected chi connectivity index (χ4v) is 3.39. The summed E-state index contributed by atoms with van der Waals surface area (Å²) in [7, 11) is 4.48. The molecular weight excluding hydrogens is 412 g/mol. The number of benzene rings is 2. The van der Waals surface area contributed by atoms with Gasteiger partial charge in [0.1, 0.15) is 5.52 Å². The minimum atomic E-state index is -0.683. The Kier molecular flexibility index (Phi) is 4.96. The number of rotatable bonds is 5. The van der Waals surface area contributed by atoms with Crippen LogP contribution in [0.5, 0.6) is 17.2 Å². The first-order valence-corrected chi connectivity index (χ1v) is 9.15. The number of halogens is 1. The molecule has 0 unspecified atom stereocenters. The van der Waals surface area contributed by atoms with Gasteiger partial charge < -0.3 is 24.2 Å². The second-order valence-electron chi connectivity index (χ2n) is 6.32. The molecule has 2 heterocycles. The van der Waals surface area contributed by atoms with Crippen LogP contribution < -0.4 is 25.5 Å². The molecule has 0 radical (unpaired) electrons. The third-order valence-electron chi connectivity index (χ3n) is 4.60. The van der Waals surface area contributed by atoms with E-state index in [0.29, 0.717) is 44.3 Å². The average molecular weight is 429 g/mol. The Balaban J connectivity index is 1.85. The summed E-state index contributed by atoms with van der Waals surface area (Å²) >= 11 is 6.03. The molecule has 0 saturated carbocycles. The Labute approximate surface area is 174 Å². The van der Waals surface area contributed by atoms with Gasteiger partial charge in [0, 0.05) is 21.5 Å². The lowest BCUT2D eigenvalue weighted by Crippen LogP contribution is -2.32. The second-order valence-corrected chi connectivity index (χ2v) is 6.75. The van der Waals surface area contributed by atoms with Crippen LogP contribution in [0.15, 0.2) is 45.0 Å². The van der Waals surface area contributed by atoms with E-state index in [-0.39, 0.29) is 5.52 Å². The van der Waals surface area contributed by atoms with Crippen LogP contribution in [0.3, 0.4) is 0 Å². The summed E-state index contributed by atoms with van der Waals surface area (Å²) in [5, 5.41) is 5.20. The van der Waals surface area contributed by atoms with Crippen LogP contribution in [0.1, 0.15) is 5.56 Å². The van der Waals surface area contributed by atoms with Crippen molar-refractivity contribution in [3.8, 4) is 17.2 Å². The van der Waals surface area contributed by atoms with Gasteiger partial charge in [-0.25, -0.2) is 4.79 Å². The summed E-state index contributed by atoms with van der Waals surface area (Å²) in [6.45, 7) is 0. The van der Waals surface area contributed by atoms with Crippen LogP contribution >= 0.6 is 11.6 Å². The highest BCUT2D eigenvalue weighted by atomic mass is 35.5. The van der Waals surface area contributed by atoms with E-state index in [1.54, 1.807) is 30.3 Å². The van der Waals surface area contributed by atoms with Crippen molar-refractivity contribution in [2.45, 2.75) is 0 Å². The molecule has 30 heavy (non-hydrogen) atoms. The van der Waals surface area contributed by atoms with Crippen LogP contribution in [0.25, 0.3) is 21.9 Å². The molecule has 2 aromatic carbocycles. The standard InChI is InChI=1S/C20H17ClN4O5/c1-28-14-6-10(7-15(29-2)18(14)30-3)9-22-25-19(26)17-16(24-20(25)27)12-8-11(21)4-5-13(12)23-17/h4-9,23H,1-3H3,(H,24,27)/b22-9+. The molecule has 4 aromatic rings. The monoisotopic (exact) mass is 428 g/mol. The number of ether oxygens (including phenoxy) is 3. The molecule has 10 heteroatoms. The van der Waals surface area contributed by atoms with E-state index in [1.165, 1.54) is 27.5 Å². The van der Waals surface area contributed by atoms with E-state index in [0.717, 1.165) is 4.68 Å². The predicted octanol–water partition coefficient (Wildman–Crippen LogP) is 2.73. The molecule has 0 bridgehead atoms. The van der Waals surface area contributed by atoms with Gasteiger partial charge in [0.2, 0.25) is 5.75 Å². The fourth-order valence-electron chi connectivity index (χ4n) is 3.22. The lowest BCUT2D eigenvalue weighted by Gasteiger charge is -2.12. The first kappa shape index (κ1) is 19.6. The Hall–Kier alpha value is -3.72. The molecule has 0 fully saturated rings. The number of H-pyrrole nitrogens is 2. The van der Waals surface area contributed by atoms with Crippen molar-refractivity contribution in [1.29, 1.82) is 0 Å². The second kappa shape index (κ2) is 7.60. The molecule has 0 spiro atoms. The van der Waals surface area contributed by atoms with Gasteiger partial charge in [0.25, 0.3) is 0 Å². The molecule has 9 nitrogen and oxygen atoms in total. The van der Waals surface area contributed by atoms with Crippen LogP contribution in [-0.2, 0) is 0 Å². The Bertz CT molecular complexity index is 1390. The van der Waals surface area contributed by atoms with E-state index in [1.807, 2.05) is 0 Å². The van der Waals surface area contributed by atoms with Crippen LogP contribution in [-0.4, -0.2) is 42.2 Å². The molecule has 4 rings (SSSR count). The van der Waals surface area contributed by atoms with E-state index >= 15 is 0 Å². The zero-order valence-corrected chi connectivity index (χ0v) is 17.0. The zero-order valence-electron chi connectivity index (χ0n) is 16.3. The number of nitrogens with one attached hydrogen (secondary N) is 2. The molecule has 0 aliphatic carbocycles. The average Bonchev–Trinajstić information content (AvgIpc) is 3.10. The highest BCUT2D eigenvalue weighted by Crippen LogP contribution is 2.37. The van der Waals surface area contributed by atoms with Gasteiger partial charge in [-0.05, 0) is 30.3 Å². The third kappa shape index (κ3) is 3.18. The quantitative estimate of drug-likeness (QED) is 0.475. The van der Waals surface area contributed by atoms with Gasteiger partial charge in [-0.2, -0.15) is 5.10 Å². The summed E-state index contributed by atoms with van der Waals surface area (Å²) in [5.41, 5.74) is 0.533. The maximum atomic E-state index is 12.9. The molecule has 2 N–H and O–H groups in total. The van der Waals surface area contributed by atoms with Gasteiger partial charge in [0.05, 0.1) is 33.1 Å². The number of hydrogen-bond acceptors (Lipinski definition) is 6. The summed E-state index contributed by atoms with van der Waals surface area (Å²) in [6, 6.07) is 8.40. The normalized spacial score (nSPS) is 11.5. The van der Waals surface area contributed by atoms with Gasteiger partial charge in [-0.15, -0.1) is 4.68 Å². The summed E-state index contributed by atoms with van der Waals surface area (Å²) < 4.78 is 16.6. The van der Waals surface area contributed by atoms with Crippen molar-refractivity contribution in [3.05, 3.63) is 61.8 Å². The number of hydrogen-bond donors (Lipinski definition) is 2. The topological polar surface area (TPSA) is 111 Å². The fraction of sp³-hybridized carbons (Fsp3) is 0.150. The molecular formula is C20H17ClN4O5. The van der Waals surface area contributed by atoms with E-state index in [2.05, 4.69) is 15.1 Å². The Morgan fingerprint density at radius 3 is 2.30 bits per heavy atom. The zero-order chi connectivity index (χ0) is 21.4. The summed E-state index contributed by atoms with van der Waals surface area (Å²) in [4.78, 5) is 31.1. The van der Waals surface area contributed by atoms with E-state index in [4.69, 9.17) is 25.8 Å². The molecule has 0 amide bonds. The van der Waals surface area contributed by atoms with Gasteiger partial charge in [-0.1, -0.05) is 11.6 Å². The SMILES string of the molecule is COc1cc(/C=N/n2c(=O)[nH]c3c([nH]c4ccc(Cl)cc43)c2=O)cc(OC)c1OC. The lowest BCUT2D eigenvalue weighted by molar-refractivity contribution is 0.324. The van der Waals surface area contributed by atoms with E-state index in [9.17, 15) is 9.59 Å². The number of aromatic amines is 2.